The van der Waals surface area contributed by atoms with Crippen molar-refractivity contribution in [3.63, 3.8) is 0 Å². The number of aryl methyl sites for hydroxylation is 1. The fraction of sp³-hybridized carbons (Fsp3) is 0.412. The molecule has 0 unspecified atom stereocenters. The van der Waals surface area contributed by atoms with Crippen molar-refractivity contribution in [3.8, 4) is 0 Å². The summed E-state index contributed by atoms with van der Waals surface area (Å²) in [4.78, 5) is 20.1. The topological polar surface area (TPSA) is 45.2 Å². The molecule has 22 heavy (non-hydrogen) atoms. The van der Waals surface area contributed by atoms with Crippen LogP contribution in [-0.2, 0) is 11.2 Å². The lowest BCUT2D eigenvalue weighted by Gasteiger charge is -2.26. The summed E-state index contributed by atoms with van der Waals surface area (Å²) in [6, 6.07) is 9.49. The average molecular weight is 317 g/mol. The average Bonchev–Trinajstić information content (AvgIpc) is 2.92. The molecule has 4 nitrogen and oxygen atoms in total. The van der Waals surface area contributed by atoms with Gasteiger partial charge in [0, 0.05) is 17.1 Å². The molecule has 0 bridgehead atoms. The Morgan fingerprint density at radius 2 is 2.09 bits per heavy atom. The molecule has 0 aliphatic carbocycles. The summed E-state index contributed by atoms with van der Waals surface area (Å²) in [5, 5.41) is 2.99. The van der Waals surface area contributed by atoms with Gasteiger partial charge < -0.3 is 5.32 Å². The lowest BCUT2D eigenvalue weighted by molar-refractivity contribution is -0.120. The fourth-order valence-electron chi connectivity index (χ4n) is 2.44. The molecule has 1 amide bonds. The molecule has 0 spiro atoms. The number of aromatic nitrogens is 1. The predicted octanol–water partition coefficient (Wildman–Crippen LogP) is 3.34. The van der Waals surface area contributed by atoms with Crippen LogP contribution in [0.5, 0.6) is 0 Å². The number of hydrogen-bond acceptors (Lipinski definition) is 4. The van der Waals surface area contributed by atoms with Gasteiger partial charge in [-0.2, -0.15) is 0 Å². The summed E-state index contributed by atoms with van der Waals surface area (Å²) in [5.74, 6) is 0.0530. The molecule has 5 heteroatoms. The van der Waals surface area contributed by atoms with Crippen molar-refractivity contribution < 1.29 is 4.79 Å². The van der Waals surface area contributed by atoms with E-state index in [1.54, 1.807) is 11.3 Å². The summed E-state index contributed by atoms with van der Waals surface area (Å²) < 4.78 is 0. The summed E-state index contributed by atoms with van der Waals surface area (Å²) >= 11 is 1.68. The highest BCUT2D eigenvalue weighted by atomic mass is 32.1. The van der Waals surface area contributed by atoms with Gasteiger partial charge in [-0.3, -0.25) is 9.69 Å². The maximum absolute atomic E-state index is 12.5. The minimum absolute atomic E-state index is 0.0530. The molecule has 0 radical (unpaired) electrons. The van der Waals surface area contributed by atoms with E-state index in [9.17, 15) is 4.79 Å². The van der Waals surface area contributed by atoms with Crippen LogP contribution in [0.25, 0.3) is 0 Å². The number of nitrogens with one attached hydrogen (secondary N) is 1. The van der Waals surface area contributed by atoms with E-state index in [4.69, 9.17) is 0 Å². The quantitative estimate of drug-likeness (QED) is 0.852. The van der Waals surface area contributed by atoms with Gasteiger partial charge in [0.15, 0.2) is 0 Å². The first kappa shape index (κ1) is 16.6. The first-order valence-electron chi connectivity index (χ1n) is 7.57. The Bertz CT molecular complexity index is 597. The standard InChI is InChI=1S/C17H23N3OS/c1-4-15(17(21)19-14-8-6-5-7-9-14)20(3)11-10-16-13(2)18-12-22-16/h5-9,12,15H,4,10-11H2,1-3H3,(H,19,21)/t15-/m1/s1. The SMILES string of the molecule is CC[C@H](C(=O)Nc1ccccc1)N(C)CCc1scnc1C. The number of rotatable bonds is 7. The van der Waals surface area contributed by atoms with E-state index < -0.39 is 0 Å². The number of likely N-dealkylation sites (N-methyl/N-ethyl adjacent to an activating group) is 1. The van der Waals surface area contributed by atoms with Gasteiger partial charge >= 0.3 is 0 Å². The number of thiazole rings is 1. The molecule has 1 N–H and O–H groups in total. The summed E-state index contributed by atoms with van der Waals surface area (Å²) in [6.45, 7) is 4.93. The van der Waals surface area contributed by atoms with Crippen molar-refractivity contribution in [3.05, 3.63) is 46.4 Å². The zero-order chi connectivity index (χ0) is 15.9. The van der Waals surface area contributed by atoms with Crippen LogP contribution in [0.2, 0.25) is 0 Å². The van der Waals surface area contributed by atoms with E-state index in [0.29, 0.717) is 0 Å². The van der Waals surface area contributed by atoms with Crippen molar-refractivity contribution in [1.82, 2.24) is 9.88 Å². The van der Waals surface area contributed by atoms with Crippen molar-refractivity contribution in [2.45, 2.75) is 32.7 Å². The van der Waals surface area contributed by atoms with Crippen LogP contribution in [0.3, 0.4) is 0 Å². The van der Waals surface area contributed by atoms with E-state index >= 15 is 0 Å². The molecule has 1 aromatic carbocycles. The second kappa shape index (κ2) is 8.06. The lowest BCUT2D eigenvalue weighted by atomic mass is 10.1. The van der Waals surface area contributed by atoms with E-state index in [0.717, 1.165) is 30.8 Å². The number of para-hydroxylation sites is 1. The summed E-state index contributed by atoms with van der Waals surface area (Å²) in [7, 11) is 2.01. The van der Waals surface area contributed by atoms with E-state index in [1.807, 2.05) is 56.7 Å². The smallest absolute Gasteiger partial charge is 0.241 e. The molecule has 0 fully saturated rings. The molecule has 0 saturated carbocycles. The molecule has 1 heterocycles. The van der Waals surface area contributed by atoms with Gasteiger partial charge in [-0.05, 0) is 38.9 Å². The molecule has 1 atom stereocenters. The molecule has 118 valence electrons. The molecule has 1 aromatic heterocycles. The Hall–Kier alpha value is -1.72. The highest BCUT2D eigenvalue weighted by Gasteiger charge is 2.21. The number of carbonyl (C=O) groups excluding carboxylic acids is 1. The number of anilines is 1. The third kappa shape index (κ3) is 4.39. The van der Waals surface area contributed by atoms with Gasteiger partial charge in [-0.25, -0.2) is 4.98 Å². The number of hydrogen-bond donors (Lipinski definition) is 1. The molecule has 0 aliphatic rings. The monoisotopic (exact) mass is 317 g/mol. The third-order valence-electron chi connectivity index (χ3n) is 3.80. The lowest BCUT2D eigenvalue weighted by Crippen LogP contribution is -2.42. The third-order valence-corrected chi connectivity index (χ3v) is 4.79. The van der Waals surface area contributed by atoms with E-state index in [1.165, 1.54) is 4.88 Å². The van der Waals surface area contributed by atoms with Crippen LogP contribution in [0.15, 0.2) is 35.8 Å². The minimum atomic E-state index is -0.117. The number of amides is 1. The zero-order valence-electron chi connectivity index (χ0n) is 13.4. The molecule has 2 rings (SSSR count). The van der Waals surface area contributed by atoms with Gasteiger partial charge in [0.25, 0.3) is 0 Å². The maximum Gasteiger partial charge on any atom is 0.241 e. The van der Waals surface area contributed by atoms with E-state index in [-0.39, 0.29) is 11.9 Å². The molecular formula is C17H23N3OS. The van der Waals surface area contributed by atoms with Gasteiger partial charge in [0.05, 0.1) is 17.2 Å². The first-order valence-corrected chi connectivity index (χ1v) is 8.45. The minimum Gasteiger partial charge on any atom is -0.325 e. The van der Waals surface area contributed by atoms with Crippen molar-refractivity contribution in [2.75, 3.05) is 18.9 Å². The van der Waals surface area contributed by atoms with Crippen LogP contribution >= 0.6 is 11.3 Å². The van der Waals surface area contributed by atoms with Crippen molar-refractivity contribution in [2.24, 2.45) is 0 Å². The van der Waals surface area contributed by atoms with Gasteiger partial charge in [0.2, 0.25) is 5.91 Å². The van der Waals surface area contributed by atoms with Crippen LogP contribution in [0, 0.1) is 6.92 Å². The maximum atomic E-state index is 12.5. The van der Waals surface area contributed by atoms with Crippen molar-refractivity contribution >= 4 is 22.9 Å². The van der Waals surface area contributed by atoms with Crippen LogP contribution in [-0.4, -0.2) is 35.4 Å². The Kier molecular flexibility index (Phi) is 6.10. The van der Waals surface area contributed by atoms with Crippen LogP contribution in [0.4, 0.5) is 5.69 Å². The van der Waals surface area contributed by atoms with Gasteiger partial charge in [-0.1, -0.05) is 25.1 Å². The summed E-state index contributed by atoms with van der Waals surface area (Å²) in [6.07, 6.45) is 1.72. The van der Waals surface area contributed by atoms with E-state index in [2.05, 4.69) is 15.2 Å². The summed E-state index contributed by atoms with van der Waals surface area (Å²) in [5.41, 5.74) is 3.82. The molecule has 2 aromatic rings. The second-order valence-corrected chi connectivity index (χ2v) is 6.31. The Morgan fingerprint density at radius 1 is 1.36 bits per heavy atom. The second-order valence-electron chi connectivity index (χ2n) is 5.37. The highest BCUT2D eigenvalue weighted by Crippen LogP contribution is 2.15. The first-order chi connectivity index (χ1) is 10.6. The fourth-order valence-corrected chi connectivity index (χ4v) is 3.21. The number of benzene rings is 1. The predicted molar refractivity (Wildman–Crippen MR) is 92.3 cm³/mol. The zero-order valence-corrected chi connectivity index (χ0v) is 14.2. The Labute approximate surface area is 136 Å². The van der Waals surface area contributed by atoms with Crippen LogP contribution in [0.1, 0.15) is 23.9 Å². The number of carbonyl (C=O) groups is 1. The largest absolute Gasteiger partial charge is 0.325 e. The molecular weight excluding hydrogens is 294 g/mol. The van der Waals surface area contributed by atoms with Crippen LogP contribution < -0.4 is 5.32 Å². The number of nitrogens with zero attached hydrogens (tertiary/aromatic N) is 2. The molecule has 0 saturated heterocycles. The highest BCUT2D eigenvalue weighted by molar-refractivity contribution is 7.09. The van der Waals surface area contributed by atoms with Crippen molar-refractivity contribution in [1.29, 1.82) is 0 Å². The van der Waals surface area contributed by atoms with Gasteiger partial charge in [-0.15, -0.1) is 11.3 Å². The normalized spacial score (nSPS) is 12.4. The molecule has 0 aliphatic heterocycles. The Morgan fingerprint density at radius 3 is 2.68 bits per heavy atom. The Balaban J connectivity index is 1.92. The van der Waals surface area contributed by atoms with Gasteiger partial charge in [0.1, 0.15) is 0 Å².